The fraction of sp³-hybridized carbons (Fsp3) is 1.00. The number of hydrogen-bond acceptors (Lipinski definition) is 2. The zero-order chi connectivity index (χ0) is 8.41. The highest BCUT2D eigenvalue weighted by molar-refractivity contribution is 6.26. The van der Waals surface area contributed by atoms with Crippen molar-refractivity contribution in [2.75, 3.05) is 28.3 Å². The molecule has 10 heavy (non-hydrogen) atoms. The predicted molar refractivity (Wildman–Crippen MR) is 50.3 cm³/mol. The molecular weight excluding hydrogens is 142 g/mol. The van der Waals surface area contributed by atoms with Gasteiger partial charge in [-0.15, -0.1) is 0 Å². The van der Waals surface area contributed by atoms with Crippen molar-refractivity contribution < 1.29 is 4.43 Å². The Balaban J connectivity index is 0. The van der Waals surface area contributed by atoms with Crippen LogP contribution >= 0.6 is 0 Å². The first kappa shape index (κ1) is 12.8. The van der Waals surface area contributed by atoms with Gasteiger partial charge < -0.3 is 9.33 Å². The molecular formula is C7H21NOSi. The fourth-order valence-corrected chi connectivity index (χ4v) is 0.866. The Labute approximate surface area is 67.5 Å². The second kappa shape index (κ2) is 11.9. The fourth-order valence-electron chi connectivity index (χ4n) is 0.289. The van der Waals surface area contributed by atoms with E-state index in [0.717, 1.165) is 0 Å². The summed E-state index contributed by atoms with van der Waals surface area (Å²) in [5.74, 6) is 0. The maximum atomic E-state index is 4.92. The van der Waals surface area contributed by atoms with E-state index in [1.165, 1.54) is 12.5 Å². The summed E-state index contributed by atoms with van der Waals surface area (Å²) in [6.45, 7) is 2.19. The summed E-state index contributed by atoms with van der Waals surface area (Å²) in [5, 5.41) is 0. The maximum absolute atomic E-state index is 4.92. The molecule has 0 atom stereocenters. The van der Waals surface area contributed by atoms with Crippen molar-refractivity contribution in [1.82, 2.24) is 4.90 Å². The molecule has 3 heteroatoms. The molecule has 0 aromatic heterocycles. The van der Waals surface area contributed by atoms with Crippen molar-refractivity contribution in [2.24, 2.45) is 0 Å². The van der Waals surface area contributed by atoms with E-state index in [4.69, 9.17) is 4.43 Å². The molecule has 0 rings (SSSR count). The average Bonchev–Trinajstić information content (AvgIpc) is 1.82. The largest absolute Gasteiger partial charge is 0.427 e. The second-order valence-corrected chi connectivity index (χ2v) is 4.38. The third kappa shape index (κ3) is 42.1. The van der Waals surface area contributed by atoms with Crippen molar-refractivity contribution in [3.8, 4) is 0 Å². The lowest BCUT2D eigenvalue weighted by molar-refractivity contribution is 0.440. The number of rotatable bonds is 3. The molecule has 0 aromatic rings. The van der Waals surface area contributed by atoms with Crippen LogP contribution in [0.2, 0.25) is 6.04 Å². The van der Waals surface area contributed by atoms with E-state index in [1.807, 2.05) is 26.0 Å². The van der Waals surface area contributed by atoms with Crippen LogP contribution in [0.4, 0.5) is 0 Å². The standard InChI is InChI=1S/C4H12OSi.C3H9N/c1-3-4-6-5-2;1-4(2)3/h3-4,6H2,1-2H3;1-3H3. The van der Waals surface area contributed by atoms with Crippen LogP contribution in [0.3, 0.4) is 0 Å². The minimum absolute atomic E-state index is 0.0783. The van der Waals surface area contributed by atoms with Gasteiger partial charge in [-0.3, -0.25) is 0 Å². The molecule has 0 aliphatic heterocycles. The third-order valence-electron chi connectivity index (χ3n) is 0.702. The van der Waals surface area contributed by atoms with E-state index in [-0.39, 0.29) is 9.76 Å². The van der Waals surface area contributed by atoms with Crippen molar-refractivity contribution >= 4 is 9.76 Å². The van der Waals surface area contributed by atoms with Gasteiger partial charge in [0.25, 0.3) is 0 Å². The van der Waals surface area contributed by atoms with Crippen LogP contribution in [-0.2, 0) is 4.43 Å². The summed E-state index contributed by atoms with van der Waals surface area (Å²) in [7, 11) is 7.72. The smallest absolute Gasteiger partial charge is 0.161 e. The summed E-state index contributed by atoms with van der Waals surface area (Å²) in [5.41, 5.74) is 0. The lowest BCUT2D eigenvalue weighted by Gasteiger charge is -1.90. The summed E-state index contributed by atoms with van der Waals surface area (Å²) >= 11 is 0. The first-order valence-corrected chi connectivity index (χ1v) is 5.32. The maximum Gasteiger partial charge on any atom is 0.161 e. The predicted octanol–water partition coefficient (Wildman–Crippen LogP) is 0.723. The Bertz CT molecular complexity index is 44.1. The van der Waals surface area contributed by atoms with Gasteiger partial charge in [-0.2, -0.15) is 0 Å². The molecule has 0 saturated heterocycles. The van der Waals surface area contributed by atoms with Crippen molar-refractivity contribution in [3.05, 3.63) is 0 Å². The zero-order valence-electron chi connectivity index (χ0n) is 7.98. The summed E-state index contributed by atoms with van der Waals surface area (Å²) in [6, 6.07) is 1.33. The van der Waals surface area contributed by atoms with Crippen LogP contribution in [0, 0.1) is 0 Å². The molecule has 0 bridgehead atoms. The molecule has 2 nitrogen and oxygen atoms in total. The SMILES string of the molecule is CCC[SiH2]OC.CN(C)C. The van der Waals surface area contributed by atoms with Crippen molar-refractivity contribution in [2.45, 2.75) is 19.4 Å². The monoisotopic (exact) mass is 163 g/mol. The van der Waals surface area contributed by atoms with E-state index in [9.17, 15) is 0 Å². The molecule has 0 N–H and O–H groups in total. The first-order chi connectivity index (χ1) is 4.65. The minimum atomic E-state index is -0.0783. The van der Waals surface area contributed by atoms with Gasteiger partial charge in [-0.1, -0.05) is 13.3 Å². The van der Waals surface area contributed by atoms with Gasteiger partial charge in [-0.25, -0.2) is 0 Å². The molecule has 0 spiro atoms. The Morgan fingerprint density at radius 2 is 1.70 bits per heavy atom. The van der Waals surface area contributed by atoms with Gasteiger partial charge in [0, 0.05) is 7.11 Å². The van der Waals surface area contributed by atoms with Crippen LogP contribution in [0.5, 0.6) is 0 Å². The van der Waals surface area contributed by atoms with Crippen molar-refractivity contribution in [1.29, 1.82) is 0 Å². The normalized spacial score (nSPS) is 10.2. The highest BCUT2D eigenvalue weighted by Gasteiger charge is 1.77. The topological polar surface area (TPSA) is 12.5 Å². The van der Waals surface area contributed by atoms with E-state index in [0.29, 0.717) is 0 Å². The van der Waals surface area contributed by atoms with Crippen LogP contribution in [-0.4, -0.2) is 42.9 Å². The van der Waals surface area contributed by atoms with Gasteiger partial charge >= 0.3 is 0 Å². The van der Waals surface area contributed by atoms with E-state index >= 15 is 0 Å². The molecule has 0 aliphatic rings. The molecule has 0 radical (unpaired) electrons. The van der Waals surface area contributed by atoms with Crippen LogP contribution in [0.25, 0.3) is 0 Å². The lowest BCUT2D eigenvalue weighted by atomic mass is 10.6. The Hall–Kier alpha value is 0.137. The summed E-state index contributed by atoms with van der Waals surface area (Å²) in [6.07, 6.45) is 1.29. The average molecular weight is 163 g/mol. The highest BCUT2D eigenvalue weighted by atomic mass is 28.2. The summed E-state index contributed by atoms with van der Waals surface area (Å²) < 4.78 is 4.92. The van der Waals surface area contributed by atoms with Crippen LogP contribution < -0.4 is 0 Å². The molecule has 0 aliphatic carbocycles. The minimum Gasteiger partial charge on any atom is -0.427 e. The van der Waals surface area contributed by atoms with Gasteiger partial charge in [-0.05, 0) is 27.2 Å². The second-order valence-electron chi connectivity index (χ2n) is 2.69. The Morgan fingerprint density at radius 3 is 1.80 bits per heavy atom. The first-order valence-electron chi connectivity index (χ1n) is 3.75. The number of nitrogens with zero attached hydrogens (tertiary/aromatic N) is 1. The van der Waals surface area contributed by atoms with E-state index in [2.05, 4.69) is 6.92 Å². The Morgan fingerprint density at radius 1 is 1.30 bits per heavy atom. The highest BCUT2D eigenvalue weighted by Crippen LogP contribution is 1.82. The van der Waals surface area contributed by atoms with Crippen LogP contribution in [0.15, 0.2) is 0 Å². The quantitative estimate of drug-likeness (QED) is 0.449. The van der Waals surface area contributed by atoms with Gasteiger partial charge in [0.1, 0.15) is 0 Å². The van der Waals surface area contributed by atoms with Gasteiger partial charge in [0.05, 0.1) is 0 Å². The van der Waals surface area contributed by atoms with E-state index < -0.39 is 0 Å². The molecule has 64 valence electrons. The molecule has 0 aromatic carbocycles. The van der Waals surface area contributed by atoms with Gasteiger partial charge in [0.15, 0.2) is 9.76 Å². The summed E-state index contributed by atoms with van der Waals surface area (Å²) in [4.78, 5) is 2.00. The molecule has 0 fully saturated rings. The molecule has 0 unspecified atom stereocenters. The van der Waals surface area contributed by atoms with Crippen LogP contribution in [0.1, 0.15) is 13.3 Å². The van der Waals surface area contributed by atoms with Crippen molar-refractivity contribution in [3.63, 3.8) is 0 Å². The van der Waals surface area contributed by atoms with Gasteiger partial charge in [0.2, 0.25) is 0 Å². The Kier molecular flexibility index (Phi) is 15.2. The third-order valence-corrected chi connectivity index (χ3v) is 2.11. The lowest BCUT2D eigenvalue weighted by Crippen LogP contribution is -1.99. The molecule has 0 amide bonds. The molecule has 0 saturated carbocycles. The molecule has 0 heterocycles. The number of hydrogen-bond donors (Lipinski definition) is 0. The van der Waals surface area contributed by atoms with E-state index in [1.54, 1.807) is 7.11 Å². The zero-order valence-corrected chi connectivity index (χ0v) is 9.39.